The van der Waals surface area contributed by atoms with Gasteiger partial charge >= 0.3 is 0 Å². The van der Waals surface area contributed by atoms with Crippen molar-refractivity contribution in [3.05, 3.63) is 35.4 Å². The zero-order chi connectivity index (χ0) is 10.7. The van der Waals surface area contributed by atoms with Crippen molar-refractivity contribution >= 4 is 0 Å². The highest BCUT2D eigenvalue weighted by molar-refractivity contribution is 5.36. The average molecular weight is 204 g/mol. The molecule has 0 radical (unpaired) electrons. The van der Waals surface area contributed by atoms with E-state index in [1.165, 1.54) is 36.8 Å². The molecule has 1 aromatic carbocycles. The first kappa shape index (κ1) is 10.7. The van der Waals surface area contributed by atoms with E-state index in [9.17, 15) is 5.11 Å². The molecular weight excluding hydrogens is 184 g/mol. The summed E-state index contributed by atoms with van der Waals surface area (Å²) in [5.41, 5.74) is 2.56. The molecule has 15 heavy (non-hydrogen) atoms. The summed E-state index contributed by atoms with van der Waals surface area (Å²) >= 11 is 0. The largest absolute Gasteiger partial charge is 0.388 e. The molecule has 1 nitrogen and oxygen atoms in total. The van der Waals surface area contributed by atoms with E-state index in [2.05, 4.69) is 25.1 Å². The van der Waals surface area contributed by atoms with Crippen LogP contribution < -0.4 is 0 Å². The van der Waals surface area contributed by atoms with Crippen molar-refractivity contribution in [3.63, 3.8) is 0 Å². The number of unbranched alkanes of at least 4 members (excludes halogenated alkanes) is 2. The van der Waals surface area contributed by atoms with Crippen LogP contribution in [0.5, 0.6) is 0 Å². The molecule has 0 fully saturated rings. The standard InChI is InChI=1S/C14H20O/c1-2-3-4-7-11-10-14(15)13-9-6-5-8-12(11)13/h5-6,8-9,11,14-15H,2-4,7,10H2,1H3. The summed E-state index contributed by atoms with van der Waals surface area (Å²) in [6.45, 7) is 2.23. The van der Waals surface area contributed by atoms with E-state index in [0.29, 0.717) is 5.92 Å². The Balaban J connectivity index is 2.04. The Kier molecular flexibility index (Phi) is 3.42. The lowest BCUT2D eigenvalue weighted by Crippen LogP contribution is -1.93. The zero-order valence-corrected chi connectivity index (χ0v) is 9.45. The Morgan fingerprint density at radius 3 is 2.67 bits per heavy atom. The number of aliphatic hydroxyl groups is 1. The van der Waals surface area contributed by atoms with Crippen molar-refractivity contribution in [2.75, 3.05) is 0 Å². The second-order valence-corrected chi connectivity index (χ2v) is 4.57. The van der Waals surface area contributed by atoms with Crippen LogP contribution in [0.3, 0.4) is 0 Å². The molecule has 0 amide bonds. The van der Waals surface area contributed by atoms with Gasteiger partial charge in [-0.25, -0.2) is 0 Å². The molecular formula is C14H20O. The minimum atomic E-state index is -0.215. The van der Waals surface area contributed by atoms with Gasteiger partial charge in [0.25, 0.3) is 0 Å². The van der Waals surface area contributed by atoms with Crippen LogP contribution in [-0.2, 0) is 0 Å². The quantitative estimate of drug-likeness (QED) is 0.740. The maximum Gasteiger partial charge on any atom is 0.0798 e. The maximum atomic E-state index is 9.91. The summed E-state index contributed by atoms with van der Waals surface area (Å²) in [6, 6.07) is 8.36. The van der Waals surface area contributed by atoms with Crippen LogP contribution in [0.1, 0.15) is 62.2 Å². The van der Waals surface area contributed by atoms with Crippen molar-refractivity contribution in [2.45, 2.75) is 51.0 Å². The molecule has 0 aromatic heterocycles. The van der Waals surface area contributed by atoms with Crippen LogP contribution in [-0.4, -0.2) is 5.11 Å². The van der Waals surface area contributed by atoms with E-state index >= 15 is 0 Å². The number of fused-ring (bicyclic) bond motifs is 1. The molecule has 1 aromatic rings. The van der Waals surface area contributed by atoms with Crippen LogP contribution in [0.15, 0.2) is 24.3 Å². The molecule has 0 aliphatic heterocycles. The van der Waals surface area contributed by atoms with Crippen molar-refractivity contribution in [2.24, 2.45) is 0 Å². The second kappa shape index (κ2) is 4.80. The van der Waals surface area contributed by atoms with Crippen LogP contribution in [0.25, 0.3) is 0 Å². The molecule has 0 spiro atoms. The SMILES string of the molecule is CCCCCC1CC(O)c2ccccc21. The van der Waals surface area contributed by atoms with Gasteiger partial charge in [-0.3, -0.25) is 0 Å². The van der Waals surface area contributed by atoms with Crippen molar-refractivity contribution in [1.82, 2.24) is 0 Å². The van der Waals surface area contributed by atoms with Crippen molar-refractivity contribution in [1.29, 1.82) is 0 Å². The number of benzene rings is 1. The van der Waals surface area contributed by atoms with Crippen LogP contribution in [0, 0.1) is 0 Å². The highest BCUT2D eigenvalue weighted by atomic mass is 16.3. The second-order valence-electron chi connectivity index (χ2n) is 4.57. The molecule has 2 rings (SSSR count). The molecule has 0 saturated heterocycles. The molecule has 0 bridgehead atoms. The molecule has 1 N–H and O–H groups in total. The minimum Gasteiger partial charge on any atom is -0.388 e. The van der Waals surface area contributed by atoms with Gasteiger partial charge in [-0.2, -0.15) is 0 Å². The van der Waals surface area contributed by atoms with E-state index in [4.69, 9.17) is 0 Å². The summed E-state index contributed by atoms with van der Waals surface area (Å²) in [5, 5.41) is 9.91. The van der Waals surface area contributed by atoms with Gasteiger partial charge in [0.05, 0.1) is 6.10 Å². The minimum absolute atomic E-state index is 0.215. The predicted molar refractivity (Wildman–Crippen MR) is 62.9 cm³/mol. The number of hydrogen-bond donors (Lipinski definition) is 1. The average Bonchev–Trinajstić information content (AvgIpc) is 2.58. The van der Waals surface area contributed by atoms with Gasteiger partial charge in [0.15, 0.2) is 0 Å². The highest BCUT2D eigenvalue weighted by Gasteiger charge is 2.28. The Hall–Kier alpha value is -0.820. The Morgan fingerprint density at radius 1 is 1.20 bits per heavy atom. The normalized spacial score (nSPS) is 24.1. The molecule has 0 heterocycles. The summed E-state index contributed by atoms with van der Waals surface area (Å²) in [5.74, 6) is 0.600. The van der Waals surface area contributed by atoms with Gasteiger partial charge in [0.1, 0.15) is 0 Å². The van der Waals surface area contributed by atoms with Crippen molar-refractivity contribution in [3.8, 4) is 0 Å². The Labute approximate surface area is 92.1 Å². The topological polar surface area (TPSA) is 20.2 Å². The summed E-state index contributed by atoms with van der Waals surface area (Å²) in [6.07, 6.45) is 5.84. The van der Waals surface area contributed by atoms with E-state index in [0.717, 1.165) is 6.42 Å². The van der Waals surface area contributed by atoms with Crippen LogP contribution in [0.4, 0.5) is 0 Å². The predicted octanol–water partition coefficient (Wildman–Crippen LogP) is 3.79. The first-order chi connectivity index (χ1) is 7.33. The summed E-state index contributed by atoms with van der Waals surface area (Å²) < 4.78 is 0. The first-order valence-corrected chi connectivity index (χ1v) is 6.09. The van der Waals surface area contributed by atoms with Gasteiger partial charge in [0, 0.05) is 0 Å². The van der Waals surface area contributed by atoms with Crippen LogP contribution in [0.2, 0.25) is 0 Å². The highest BCUT2D eigenvalue weighted by Crippen LogP contribution is 2.42. The van der Waals surface area contributed by atoms with Gasteiger partial charge in [0.2, 0.25) is 0 Å². The molecule has 1 heteroatoms. The fraction of sp³-hybridized carbons (Fsp3) is 0.571. The molecule has 1 aliphatic rings. The lowest BCUT2D eigenvalue weighted by atomic mass is 9.95. The van der Waals surface area contributed by atoms with Crippen LogP contribution >= 0.6 is 0 Å². The van der Waals surface area contributed by atoms with E-state index in [1.807, 2.05) is 6.07 Å². The zero-order valence-electron chi connectivity index (χ0n) is 9.45. The smallest absolute Gasteiger partial charge is 0.0798 e. The summed E-state index contributed by atoms with van der Waals surface area (Å²) in [4.78, 5) is 0. The van der Waals surface area contributed by atoms with Crippen molar-refractivity contribution < 1.29 is 5.11 Å². The van der Waals surface area contributed by atoms with E-state index < -0.39 is 0 Å². The van der Waals surface area contributed by atoms with Gasteiger partial charge in [-0.05, 0) is 29.9 Å². The third kappa shape index (κ3) is 2.23. The molecule has 82 valence electrons. The Morgan fingerprint density at radius 2 is 1.93 bits per heavy atom. The molecule has 2 atom stereocenters. The van der Waals surface area contributed by atoms with E-state index in [-0.39, 0.29) is 6.10 Å². The maximum absolute atomic E-state index is 9.91. The van der Waals surface area contributed by atoms with Gasteiger partial charge < -0.3 is 5.11 Å². The molecule has 2 unspecified atom stereocenters. The number of aliphatic hydroxyl groups excluding tert-OH is 1. The molecule has 0 saturated carbocycles. The fourth-order valence-corrected chi connectivity index (χ4v) is 2.62. The summed E-state index contributed by atoms with van der Waals surface area (Å²) in [7, 11) is 0. The monoisotopic (exact) mass is 204 g/mol. The third-order valence-electron chi connectivity index (χ3n) is 3.46. The fourth-order valence-electron chi connectivity index (χ4n) is 2.62. The lowest BCUT2D eigenvalue weighted by molar-refractivity contribution is 0.171. The number of rotatable bonds is 4. The number of hydrogen-bond acceptors (Lipinski definition) is 1. The lowest BCUT2D eigenvalue weighted by Gasteiger charge is -2.10. The first-order valence-electron chi connectivity index (χ1n) is 6.09. The third-order valence-corrected chi connectivity index (χ3v) is 3.46. The van der Waals surface area contributed by atoms with Gasteiger partial charge in [-0.15, -0.1) is 0 Å². The molecule has 1 aliphatic carbocycles. The van der Waals surface area contributed by atoms with Gasteiger partial charge in [-0.1, -0.05) is 50.5 Å². The van der Waals surface area contributed by atoms with E-state index in [1.54, 1.807) is 0 Å². The Bertz CT molecular complexity index is 319.